The molecule has 0 saturated heterocycles. The summed E-state index contributed by atoms with van der Waals surface area (Å²) in [5.74, 6) is 0. The average molecular weight is 132 g/mol. The molecular formula is C6H12OS. The second-order valence-corrected chi connectivity index (χ2v) is 2.81. The van der Waals surface area contributed by atoms with Gasteiger partial charge in [-0.05, 0) is 12.7 Å². The van der Waals surface area contributed by atoms with Crippen LogP contribution in [-0.2, 0) is 4.79 Å². The van der Waals surface area contributed by atoms with Gasteiger partial charge in [-0.3, -0.25) is 0 Å². The Morgan fingerprint density at radius 3 is 2.50 bits per heavy atom. The number of hydrogen-bond acceptors (Lipinski definition) is 2. The molecule has 0 aliphatic carbocycles. The minimum Gasteiger partial charge on any atom is -0.303 e. The predicted octanol–water partition coefficient (Wildman–Crippen LogP) is 1.72. The third kappa shape index (κ3) is 3.08. The molecule has 8 heavy (non-hydrogen) atoms. The zero-order chi connectivity index (χ0) is 6.41. The van der Waals surface area contributed by atoms with Crippen molar-refractivity contribution in [1.29, 1.82) is 0 Å². The maximum absolute atomic E-state index is 9.92. The van der Waals surface area contributed by atoms with Gasteiger partial charge in [0, 0.05) is 11.7 Å². The Morgan fingerprint density at radius 2 is 2.38 bits per heavy atom. The van der Waals surface area contributed by atoms with Crippen LogP contribution in [0.15, 0.2) is 0 Å². The fourth-order valence-electron chi connectivity index (χ4n) is 0.537. The van der Waals surface area contributed by atoms with Crippen LogP contribution in [0.4, 0.5) is 0 Å². The molecule has 1 atom stereocenters. The summed E-state index contributed by atoms with van der Waals surface area (Å²) in [6.07, 6.45) is 4.83. The van der Waals surface area contributed by atoms with Gasteiger partial charge < -0.3 is 4.79 Å². The van der Waals surface area contributed by atoms with Crippen molar-refractivity contribution in [2.45, 2.75) is 25.0 Å². The van der Waals surface area contributed by atoms with Crippen LogP contribution < -0.4 is 0 Å². The number of hydrogen-bond donors (Lipinski definition) is 0. The molecule has 0 spiro atoms. The monoisotopic (exact) mass is 132 g/mol. The number of aldehydes is 1. The van der Waals surface area contributed by atoms with E-state index in [1.165, 1.54) is 0 Å². The van der Waals surface area contributed by atoms with Gasteiger partial charge in [0.2, 0.25) is 0 Å². The third-order valence-electron chi connectivity index (χ3n) is 1.15. The van der Waals surface area contributed by atoms with Gasteiger partial charge in [-0.25, -0.2) is 0 Å². The van der Waals surface area contributed by atoms with Gasteiger partial charge in [-0.1, -0.05) is 6.92 Å². The summed E-state index contributed by atoms with van der Waals surface area (Å²) >= 11 is 1.76. The normalized spacial score (nSPS) is 13.2. The highest BCUT2D eigenvalue weighted by atomic mass is 32.2. The first-order chi connectivity index (χ1) is 3.85. The Kier molecular flexibility index (Phi) is 5.18. The summed E-state index contributed by atoms with van der Waals surface area (Å²) in [5.41, 5.74) is 0. The molecule has 48 valence electrons. The summed E-state index contributed by atoms with van der Waals surface area (Å²) in [6.45, 7) is 2.10. The van der Waals surface area contributed by atoms with Crippen molar-refractivity contribution < 1.29 is 4.79 Å². The highest BCUT2D eigenvalue weighted by molar-refractivity contribution is 7.99. The predicted molar refractivity (Wildman–Crippen MR) is 38.3 cm³/mol. The lowest BCUT2D eigenvalue weighted by atomic mass is 10.3. The van der Waals surface area contributed by atoms with Crippen LogP contribution in [-0.4, -0.2) is 17.8 Å². The minimum absolute atomic E-state index is 0.549. The first-order valence-corrected chi connectivity index (χ1v) is 4.10. The van der Waals surface area contributed by atoms with E-state index < -0.39 is 0 Å². The molecule has 0 bridgehead atoms. The maximum Gasteiger partial charge on any atom is 0.121 e. The van der Waals surface area contributed by atoms with E-state index >= 15 is 0 Å². The van der Waals surface area contributed by atoms with Crippen molar-refractivity contribution in [3.8, 4) is 0 Å². The molecule has 0 aromatic heterocycles. The Balaban J connectivity index is 3.20. The van der Waals surface area contributed by atoms with Gasteiger partial charge in [-0.2, -0.15) is 11.8 Å². The third-order valence-corrected chi connectivity index (χ3v) is 2.34. The molecule has 0 N–H and O–H groups in total. The van der Waals surface area contributed by atoms with Crippen LogP contribution in [0.25, 0.3) is 0 Å². The van der Waals surface area contributed by atoms with Crippen LogP contribution in [0.5, 0.6) is 0 Å². The lowest BCUT2D eigenvalue weighted by molar-refractivity contribution is -0.107. The second kappa shape index (κ2) is 5.16. The molecule has 0 amide bonds. The highest BCUT2D eigenvalue weighted by Crippen LogP contribution is 2.12. The fourth-order valence-corrected chi connectivity index (χ4v) is 1.14. The van der Waals surface area contributed by atoms with E-state index in [1.807, 2.05) is 6.26 Å². The molecule has 0 heterocycles. The summed E-state index contributed by atoms with van der Waals surface area (Å²) in [6, 6.07) is 0. The van der Waals surface area contributed by atoms with Gasteiger partial charge in [0.25, 0.3) is 0 Å². The second-order valence-electron chi connectivity index (χ2n) is 1.67. The largest absolute Gasteiger partial charge is 0.303 e. The van der Waals surface area contributed by atoms with E-state index in [2.05, 4.69) is 6.92 Å². The van der Waals surface area contributed by atoms with Crippen molar-refractivity contribution in [2.24, 2.45) is 0 Å². The summed E-state index contributed by atoms with van der Waals surface area (Å²) in [5, 5.41) is 0.549. The van der Waals surface area contributed by atoms with Crippen molar-refractivity contribution in [2.75, 3.05) is 6.26 Å². The molecule has 0 radical (unpaired) electrons. The number of carbonyl (C=O) groups excluding carboxylic acids is 1. The van der Waals surface area contributed by atoms with E-state index in [4.69, 9.17) is 0 Å². The summed E-state index contributed by atoms with van der Waals surface area (Å²) in [7, 11) is 0. The molecule has 1 nitrogen and oxygen atoms in total. The first kappa shape index (κ1) is 8.02. The van der Waals surface area contributed by atoms with Crippen LogP contribution in [0.1, 0.15) is 19.8 Å². The molecule has 0 aromatic rings. The average Bonchev–Trinajstić information content (AvgIpc) is 1.83. The molecule has 0 rings (SSSR count). The van der Waals surface area contributed by atoms with Crippen LogP contribution >= 0.6 is 11.8 Å². The van der Waals surface area contributed by atoms with Crippen molar-refractivity contribution >= 4 is 18.0 Å². The van der Waals surface area contributed by atoms with E-state index in [0.29, 0.717) is 11.7 Å². The SMILES string of the molecule is CCC(CC=O)SC. The smallest absolute Gasteiger partial charge is 0.121 e. The lowest BCUT2D eigenvalue weighted by Gasteiger charge is -2.04. The molecule has 2 heteroatoms. The van der Waals surface area contributed by atoms with E-state index in [-0.39, 0.29) is 0 Å². The molecule has 0 saturated carbocycles. The zero-order valence-corrected chi connectivity index (χ0v) is 6.20. The Bertz CT molecular complexity index is 59.5. The van der Waals surface area contributed by atoms with Crippen LogP contribution in [0.3, 0.4) is 0 Å². The fraction of sp³-hybridized carbons (Fsp3) is 0.833. The number of thioether (sulfide) groups is 1. The van der Waals surface area contributed by atoms with Gasteiger partial charge in [0.05, 0.1) is 0 Å². The van der Waals surface area contributed by atoms with Crippen LogP contribution in [0, 0.1) is 0 Å². The molecule has 0 aliphatic heterocycles. The quantitative estimate of drug-likeness (QED) is 0.542. The minimum atomic E-state index is 0.549. The first-order valence-electron chi connectivity index (χ1n) is 2.81. The Hall–Kier alpha value is 0.0200. The van der Waals surface area contributed by atoms with Crippen molar-refractivity contribution in [3.63, 3.8) is 0 Å². The number of carbonyl (C=O) groups is 1. The maximum atomic E-state index is 9.92. The number of rotatable bonds is 4. The lowest BCUT2D eigenvalue weighted by Crippen LogP contribution is -1.99. The van der Waals surface area contributed by atoms with E-state index in [1.54, 1.807) is 11.8 Å². The van der Waals surface area contributed by atoms with E-state index in [9.17, 15) is 4.79 Å². The molecule has 1 unspecified atom stereocenters. The summed E-state index contributed by atoms with van der Waals surface area (Å²) in [4.78, 5) is 9.92. The molecule has 0 aliphatic rings. The summed E-state index contributed by atoms with van der Waals surface area (Å²) < 4.78 is 0. The van der Waals surface area contributed by atoms with Gasteiger partial charge >= 0.3 is 0 Å². The molecule has 0 fully saturated rings. The molecule has 0 aromatic carbocycles. The topological polar surface area (TPSA) is 17.1 Å². The van der Waals surface area contributed by atoms with Gasteiger partial charge in [0.1, 0.15) is 6.29 Å². The highest BCUT2D eigenvalue weighted by Gasteiger charge is 1.99. The Morgan fingerprint density at radius 1 is 1.75 bits per heavy atom. The molecular weight excluding hydrogens is 120 g/mol. The van der Waals surface area contributed by atoms with E-state index in [0.717, 1.165) is 12.7 Å². The Labute approximate surface area is 54.8 Å². The van der Waals surface area contributed by atoms with Gasteiger partial charge in [0.15, 0.2) is 0 Å². The van der Waals surface area contributed by atoms with Crippen molar-refractivity contribution in [1.82, 2.24) is 0 Å². The standard InChI is InChI=1S/C6H12OS/c1-3-6(8-2)4-5-7/h5-6H,3-4H2,1-2H3. The van der Waals surface area contributed by atoms with Crippen LogP contribution in [0.2, 0.25) is 0 Å². The van der Waals surface area contributed by atoms with Crippen molar-refractivity contribution in [3.05, 3.63) is 0 Å². The zero-order valence-electron chi connectivity index (χ0n) is 5.39. The van der Waals surface area contributed by atoms with Gasteiger partial charge in [-0.15, -0.1) is 0 Å².